The molecular formula is C16H18N4O4. The molecule has 0 aliphatic carbocycles. The van der Waals surface area contributed by atoms with E-state index in [4.69, 9.17) is 0 Å². The molecule has 0 radical (unpaired) electrons. The van der Waals surface area contributed by atoms with Crippen molar-refractivity contribution in [3.05, 3.63) is 62.2 Å². The van der Waals surface area contributed by atoms with Crippen molar-refractivity contribution in [3.8, 4) is 0 Å². The predicted molar refractivity (Wildman–Crippen MR) is 88.9 cm³/mol. The van der Waals surface area contributed by atoms with Crippen LogP contribution in [0, 0.1) is 13.8 Å². The number of carbonyl (C=O) groups is 2. The van der Waals surface area contributed by atoms with Gasteiger partial charge in [-0.25, -0.2) is 4.68 Å². The Kier molecular flexibility index (Phi) is 5.31. The molecule has 0 saturated carbocycles. The van der Waals surface area contributed by atoms with Gasteiger partial charge in [-0.1, -0.05) is 17.7 Å². The van der Waals surface area contributed by atoms with E-state index in [2.05, 4.69) is 15.7 Å². The van der Waals surface area contributed by atoms with Gasteiger partial charge in [0, 0.05) is 24.4 Å². The number of benzene rings is 1. The van der Waals surface area contributed by atoms with Crippen molar-refractivity contribution in [1.82, 2.24) is 15.1 Å². The van der Waals surface area contributed by atoms with Crippen molar-refractivity contribution in [2.45, 2.75) is 20.4 Å². The molecule has 8 heteroatoms. The third-order valence-corrected chi connectivity index (χ3v) is 3.35. The van der Waals surface area contributed by atoms with Crippen LogP contribution in [0.25, 0.3) is 0 Å². The van der Waals surface area contributed by atoms with Gasteiger partial charge >= 0.3 is 11.8 Å². The highest BCUT2D eigenvalue weighted by atomic mass is 16.2. The molecule has 3 N–H and O–H groups in total. The van der Waals surface area contributed by atoms with Crippen molar-refractivity contribution in [2.24, 2.45) is 0 Å². The van der Waals surface area contributed by atoms with E-state index in [1.165, 1.54) is 0 Å². The zero-order valence-electron chi connectivity index (χ0n) is 13.4. The van der Waals surface area contributed by atoms with Gasteiger partial charge in [0.25, 0.3) is 11.1 Å². The van der Waals surface area contributed by atoms with Gasteiger partial charge in [0.15, 0.2) is 0 Å². The van der Waals surface area contributed by atoms with Crippen molar-refractivity contribution in [2.75, 3.05) is 11.9 Å². The first-order chi connectivity index (χ1) is 11.4. The molecular weight excluding hydrogens is 312 g/mol. The van der Waals surface area contributed by atoms with Crippen molar-refractivity contribution < 1.29 is 9.59 Å². The van der Waals surface area contributed by atoms with Crippen molar-refractivity contribution in [3.63, 3.8) is 0 Å². The average Bonchev–Trinajstić information content (AvgIpc) is 2.53. The van der Waals surface area contributed by atoms with E-state index in [1.807, 2.05) is 26.0 Å². The first-order valence-corrected chi connectivity index (χ1v) is 7.33. The lowest BCUT2D eigenvalue weighted by Gasteiger charge is -2.10. The van der Waals surface area contributed by atoms with Crippen molar-refractivity contribution >= 4 is 17.5 Å². The van der Waals surface area contributed by atoms with Crippen LogP contribution in [-0.4, -0.2) is 28.1 Å². The molecule has 0 spiro atoms. The van der Waals surface area contributed by atoms with Gasteiger partial charge in [-0.05, 0) is 25.5 Å². The fourth-order valence-corrected chi connectivity index (χ4v) is 2.12. The number of amides is 2. The van der Waals surface area contributed by atoms with Crippen LogP contribution in [0.1, 0.15) is 11.1 Å². The number of nitrogens with zero attached hydrogens (tertiary/aromatic N) is 1. The largest absolute Gasteiger partial charge is 0.346 e. The van der Waals surface area contributed by atoms with Gasteiger partial charge in [-0.2, -0.15) is 0 Å². The van der Waals surface area contributed by atoms with Crippen molar-refractivity contribution in [1.29, 1.82) is 0 Å². The highest BCUT2D eigenvalue weighted by Crippen LogP contribution is 2.15. The maximum Gasteiger partial charge on any atom is 0.313 e. The predicted octanol–water partition coefficient (Wildman–Crippen LogP) is -0.0917. The van der Waals surface area contributed by atoms with E-state index in [0.29, 0.717) is 5.69 Å². The second-order valence-corrected chi connectivity index (χ2v) is 5.33. The molecule has 1 aromatic heterocycles. The first-order valence-electron chi connectivity index (χ1n) is 7.33. The molecule has 8 nitrogen and oxygen atoms in total. The third-order valence-electron chi connectivity index (χ3n) is 3.35. The topological polar surface area (TPSA) is 113 Å². The number of aryl methyl sites for hydroxylation is 2. The van der Waals surface area contributed by atoms with Gasteiger partial charge in [-0.15, -0.1) is 0 Å². The lowest BCUT2D eigenvalue weighted by molar-refractivity contribution is -0.136. The second-order valence-electron chi connectivity index (χ2n) is 5.33. The molecule has 126 valence electrons. The quantitative estimate of drug-likeness (QED) is 0.680. The third kappa shape index (κ3) is 4.42. The number of nitrogens with one attached hydrogen (secondary N) is 3. The van der Waals surface area contributed by atoms with Gasteiger partial charge in [0.1, 0.15) is 0 Å². The summed E-state index contributed by atoms with van der Waals surface area (Å²) in [6.07, 6.45) is 0. The van der Waals surface area contributed by atoms with E-state index in [1.54, 1.807) is 6.07 Å². The lowest BCUT2D eigenvalue weighted by atomic mass is 10.1. The Morgan fingerprint density at radius 3 is 2.54 bits per heavy atom. The van der Waals surface area contributed by atoms with Crippen LogP contribution >= 0.6 is 0 Å². The number of aromatic amines is 1. The monoisotopic (exact) mass is 330 g/mol. The highest BCUT2D eigenvalue weighted by molar-refractivity contribution is 6.39. The van der Waals surface area contributed by atoms with E-state index < -0.39 is 22.9 Å². The number of hydrogen-bond donors (Lipinski definition) is 3. The molecule has 0 bridgehead atoms. The van der Waals surface area contributed by atoms with Crippen LogP contribution in [0.2, 0.25) is 0 Å². The molecule has 0 atom stereocenters. The summed E-state index contributed by atoms with van der Waals surface area (Å²) in [4.78, 5) is 46.3. The van der Waals surface area contributed by atoms with E-state index >= 15 is 0 Å². The summed E-state index contributed by atoms with van der Waals surface area (Å²) in [5, 5.41) is 7.25. The molecule has 0 fully saturated rings. The molecule has 0 unspecified atom stereocenters. The summed E-state index contributed by atoms with van der Waals surface area (Å²) in [6.45, 7) is 3.84. The molecule has 2 rings (SSSR count). The normalized spacial score (nSPS) is 10.2. The van der Waals surface area contributed by atoms with Gasteiger partial charge in [0.2, 0.25) is 0 Å². The van der Waals surface area contributed by atoms with Gasteiger partial charge in [0.05, 0.1) is 6.54 Å². The fourth-order valence-electron chi connectivity index (χ4n) is 2.12. The zero-order valence-corrected chi connectivity index (χ0v) is 13.4. The summed E-state index contributed by atoms with van der Waals surface area (Å²) >= 11 is 0. The summed E-state index contributed by atoms with van der Waals surface area (Å²) in [7, 11) is 0. The Balaban J connectivity index is 1.90. The van der Waals surface area contributed by atoms with E-state index in [9.17, 15) is 19.2 Å². The number of hydrogen-bond acceptors (Lipinski definition) is 4. The fraction of sp³-hybridized carbons (Fsp3) is 0.250. The lowest BCUT2D eigenvalue weighted by Crippen LogP contribution is -2.39. The molecule has 1 aromatic carbocycles. The SMILES string of the molecule is Cc1ccc(NC(=O)C(=O)NCCn2[nH]c(=O)ccc2=O)c(C)c1. The minimum Gasteiger partial charge on any atom is -0.346 e. The molecule has 24 heavy (non-hydrogen) atoms. The maximum absolute atomic E-state index is 11.9. The molecule has 0 aliphatic rings. The Labute approximate surface area is 137 Å². The number of anilines is 1. The number of H-pyrrole nitrogens is 1. The van der Waals surface area contributed by atoms with Crippen LogP contribution < -0.4 is 21.8 Å². The number of carbonyl (C=O) groups excluding carboxylic acids is 2. The Bertz CT molecular complexity index is 882. The smallest absolute Gasteiger partial charge is 0.313 e. The number of aromatic nitrogens is 2. The van der Waals surface area contributed by atoms with Gasteiger partial charge in [-0.3, -0.25) is 24.3 Å². The summed E-state index contributed by atoms with van der Waals surface area (Å²) in [5.74, 6) is -1.61. The molecule has 2 amide bonds. The molecule has 0 saturated heterocycles. The minimum atomic E-state index is -0.818. The average molecular weight is 330 g/mol. The van der Waals surface area contributed by atoms with Crippen LogP contribution in [0.4, 0.5) is 5.69 Å². The Morgan fingerprint density at radius 2 is 1.83 bits per heavy atom. The van der Waals surface area contributed by atoms with Crippen LogP contribution in [-0.2, 0) is 16.1 Å². The second kappa shape index (κ2) is 7.40. The molecule has 0 aliphatic heterocycles. The summed E-state index contributed by atoms with van der Waals surface area (Å²) < 4.78 is 1.06. The minimum absolute atomic E-state index is 0.0268. The first kappa shape index (κ1) is 17.2. The molecule has 1 heterocycles. The van der Waals surface area contributed by atoms with Crippen LogP contribution in [0.3, 0.4) is 0 Å². The Hall–Kier alpha value is -3.16. The van der Waals surface area contributed by atoms with E-state index in [0.717, 1.165) is 27.9 Å². The summed E-state index contributed by atoms with van der Waals surface area (Å²) in [6, 6.07) is 7.71. The van der Waals surface area contributed by atoms with Crippen LogP contribution in [0.15, 0.2) is 39.9 Å². The van der Waals surface area contributed by atoms with Gasteiger partial charge < -0.3 is 10.6 Å². The Morgan fingerprint density at radius 1 is 1.08 bits per heavy atom. The molecule has 2 aromatic rings. The van der Waals surface area contributed by atoms with E-state index in [-0.39, 0.29) is 13.1 Å². The highest BCUT2D eigenvalue weighted by Gasteiger charge is 2.14. The standard InChI is InChI=1S/C16H18N4O4/c1-10-3-4-12(11(2)9-10)18-16(24)15(23)17-7-8-20-14(22)6-5-13(21)19-20/h3-6,9H,7-8H2,1-2H3,(H,17,23)(H,18,24)(H,19,21). The zero-order chi connectivity index (χ0) is 17.7. The maximum atomic E-state index is 11.9. The number of rotatable bonds is 4. The summed E-state index contributed by atoms with van der Waals surface area (Å²) in [5.41, 5.74) is 1.64. The van der Waals surface area contributed by atoms with Crippen LogP contribution in [0.5, 0.6) is 0 Å².